The third-order valence-corrected chi connectivity index (χ3v) is 4.88. The van der Waals surface area contributed by atoms with Crippen LogP contribution in [0, 0.1) is 0 Å². The van der Waals surface area contributed by atoms with E-state index in [1.807, 2.05) is 23.5 Å². The number of nitrogens with one attached hydrogen (secondary N) is 1. The molecule has 3 heteroatoms. The summed E-state index contributed by atoms with van der Waals surface area (Å²) < 4.78 is 5.21. The molecule has 2 aromatic rings. The average Bonchev–Trinajstić information content (AvgIpc) is 3.00. The Labute approximate surface area is 132 Å². The van der Waals surface area contributed by atoms with Crippen LogP contribution in [0.15, 0.2) is 35.7 Å². The first-order valence-electron chi connectivity index (χ1n) is 7.71. The minimum absolute atomic E-state index is 0.465. The van der Waals surface area contributed by atoms with Gasteiger partial charge in [0, 0.05) is 10.9 Å². The van der Waals surface area contributed by atoms with Crippen molar-refractivity contribution in [1.82, 2.24) is 5.32 Å². The highest BCUT2D eigenvalue weighted by molar-refractivity contribution is 7.10. The zero-order valence-corrected chi connectivity index (χ0v) is 14.0. The van der Waals surface area contributed by atoms with Crippen molar-refractivity contribution in [2.45, 2.75) is 39.2 Å². The number of ether oxygens (including phenoxy) is 1. The minimum Gasteiger partial charge on any atom is -0.497 e. The highest BCUT2D eigenvalue weighted by Crippen LogP contribution is 2.28. The Hall–Kier alpha value is -1.32. The predicted molar refractivity (Wildman–Crippen MR) is 91.4 cm³/mol. The maximum atomic E-state index is 5.21. The molecule has 0 saturated heterocycles. The van der Waals surface area contributed by atoms with Crippen molar-refractivity contribution in [2.75, 3.05) is 13.7 Å². The molecule has 2 rings (SSSR count). The Morgan fingerprint density at radius 3 is 2.52 bits per heavy atom. The van der Waals surface area contributed by atoms with Gasteiger partial charge in [-0.05, 0) is 60.5 Å². The highest BCUT2D eigenvalue weighted by Gasteiger charge is 2.15. The molecule has 1 atom stereocenters. The van der Waals surface area contributed by atoms with E-state index in [9.17, 15) is 0 Å². The quantitative estimate of drug-likeness (QED) is 0.769. The molecule has 0 saturated carbocycles. The molecule has 21 heavy (non-hydrogen) atoms. The van der Waals surface area contributed by atoms with Crippen LogP contribution >= 0.6 is 11.3 Å². The Bertz CT molecular complexity index is 532. The van der Waals surface area contributed by atoms with Gasteiger partial charge in [0.25, 0.3) is 0 Å². The molecule has 2 nitrogen and oxygen atoms in total. The summed E-state index contributed by atoms with van der Waals surface area (Å²) in [4.78, 5) is 1.51. The first kappa shape index (κ1) is 16.1. The van der Waals surface area contributed by atoms with Gasteiger partial charge in [-0.15, -0.1) is 11.3 Å². The number of benzene rings is 1. The summed E-state index contributed by atoms with van der Waals surface area (Å²) in [5.74, 6) is 0.925. The normalized spacial score (nSPS) is 12.3. The van der Waals surface area contributed by atoms with Gasteiger partial charge in [-0.2, -0.15) is 0 Å². The number of hydrogen-bond acceptors (Lipinski definition) is 3. The van der Waals surface area contributed by atoms with Gasteiger partial charge < -0.3 is 10.1 Å². The van der Waals surface area contributed by atoms with Crippen LogP contribution in [0.25, 0.3) is 0 Å². The van der Waals surface area contributed by atoms with E-state index in [0.29, 0.717) is 6.04 Å². The molecule has 0 aliphatic heterocycles. The summed E-state index contributed by atoms with van der Waals surface area (Å²) in [5, 5.41) is 5.85. The predicted octanol–water partition coefficient (Wildman–Crippen LogP) is 4.60. The van der Waals surface area contributed by atoms with Crippen LogP contribution in [0.1, 0.15) is 42.3 Å². The molecule has 1 unspecified atom stereocenters. The van der Waals surface area contributed by atoms with E-state index >= 15 is 0 Å². The van der Waals surface area contributed by atoms with Gasteiger partial charge in [-0.3, -0.25) is 0 Å². The molecule has 0 aliphatic rings. The second-order valence-corrected chi connectivity index (χ2v) is 6.11. The van der Waals surface area contributed by atoms with Crippen LogP contribution < -0.4 is 10.1 Å². The van der Waals surface area contributed by atoms with E-state index < -0.39 is 0 Å². The number of aryl methyl sites for hydroxylation is 2. The Morgan fingerprint density at radius 1 is 1.14 bits per heavy atom. The zero-order chi connectivity index (χ0) is 15.1. The maximum absolute atomic E-state index is 5.21. The van der Waals surface area contributed by atoms with Gasteiger partial charge in [0.2, 0.25) is 0 Å². The second kappa shape index (κ2) is 8.20. The van der Waals surface area contributed by atoms with E-state index in [4.69, 9.17) is 4.74 Å². The van der Waals surface area contributed by atoms with E-state index in [0.717, 1.165) is 31.6 Å². The van der Waals surface area contributed by atoms with Crippen molar-refractivity contribution < 1.29 is 4.74 Å². The van der Waals surface area contributed by atoms with Crippen molar-refractivity contribution in [3.63, 3.8) is 0 Å². The summed E-state index contributed by atoms with van der Waals surface area (Å²) in [6.07, 6.45) is 3.33. The van der Waals surface area contributed by atoms with Gasteiger partial charge in [0.15, 0.2) is 0 Å². The van der Waals surface area contributed by atoms with Gasteiger partial charge in [-0.25, -0.2) is 0 Å². The molecule has 1 N–H and O–H groups in total. The molecule has 1 aromatic carbocycles. The fraction of sp³-hybridized carbons (Fsp3) is 0.444. The van der Waals surface area contributed by atoms with Crippen LogP contribution in [0.2, 0.25) is 0 Å². The van der Waals surface area contributed by atoms with Crippen LogP contribution in [0.4, 0.5) is 0 Å². The lowest BCUT2D eigenvalue weighted by molar-refractivity contribution is 0.414. The highest BCUT2D eigenvalue weighted by atomic mass is 32.1. The summed E-state index contributed by atoms with van der Waals surface area (Å²) in [7, 11) is 1.71. The molecule has 114 valence electrons. The summed E-state index contributed by atoms with van der Waals surface area (Å²) in [6, 6.07) is 11.1. The molecular weight excluding hydrogens is 278 g/mol. The smallest absolute Gasteiger partial charge is 0.118 e. The van der Waals surface area contributed by atoms with E-state index in [1.54, 1.807) is 7.11 Å². The average molecular weight is 303 g/mol. The molecular formula is C18H25NOS. The van der Waals surface area contributed by atoms with E-state index in [2.05, 4.69) is 42.7 Å². The molecule has 0 amide bonds. The van der Waals surface area contributed by atoms with Gasteiger partial charge in [0.05, 0.1) is 7.11 Å². The SMILES string of the molecule is CCNC(CCc1ccc(OC)cc1)c1sccc1CC. The minimum atomic E-state index is 0.465. The number of methoxy groups -OCH3 is 1. The van der Waals surface area contributed by atoms with Crippen LogP contribution in [-0.4, -0.2) is 13.7 Å². The molecule has 0 aliphatic carbocycles. The molecule has 0 spiro atoms. The largest absolute Gasteiger partial charge is 0.497 e. The fourth-order valence-electron chi connectivity index (χ4n) is 2.62. The van der Waals surface area contributed by atoms with Crippen LogP contribution in [-0.2, 0) is 12.8 Å². The van der Waals surface area contributed by atoms with Gasteiger partial charge >= 0.3 is 0 Å². The standard InChI is InChI=1S/C18H25NOS/c1-4-15-12-13-21-18(15)17(19-5-2)11-8-14-6-9-16(20-3)10-7-14/h6-7,9-10,12-13,17,19H,4-5,8,11H2,1-3H3. The van der Waals surface area contributed by atoms with Crippen LogP contribution in [0.3, 0.4) is 0 Å². The fourth-order valence-corrected chi connectivity index (χ4v) is 3.73. The summed E-state index contributed by atoms with van der Waals surface area (Å²) in [5.41, 5.74) is 2.86. The summed E-state index contributed by atoms with van der Waals surface area (Å²) >= 11 is 1.88. The van der Waals surface area contributed by atoms with E-state index in [-0.39, 0.29) is 0 Å². The number of rotatable bonds is 8. The first-order valence-corrected chi connectivity index (χ1v) is 8.59. The third kappa shape index (κ3) is 4.32. The van der Waals surface area contributed by atoms with Crippen molar-refractivity contribution in [3.05, 3.63) is 51.7 Å². The molecule has 0 radical (unpaired) electrons. The zero-order valence-electron chi connectivity index (χ0n) is 13.2. The topological polar surface area (TPSA) is 21.3 Å². The lowest BCUT2D eigenvalue weighted by Gasteiger charge is -2.18. The van der Waals surface area contributed by atoms with Crippen molar-refractivity contribution in [1.29, 1.82) is 0 Å². The Balaban J connectivity index is 2.02. The molecule has 0 fully saturated rings. The maximum Gasteiger partial charge on any atom is 0.118 e. The van der Waals surface area contributed by atoms with Crippen LogP contribution in [0.5, 0.6) is 5.75 Å². The lowest BCUT2D eigenvalue weighted by Crippen LogP contribution is -2.21. The number of thiophene rings is 1. The van der Waals surface area contributed by atoms with Crippen molar-refractivity contribution in [3.8, 4) is 5.75 Å². The van der Waals surface area contributed by atoms with Gasteiger partial charge in [0.1, 0.15) is 5.75 Å². The van der Waals surface area contributed by atoms with E-state index in [1.165, 1.54) is 16.0 Å². The van der Waals surface area contributed by atoms with Crippen molar-refractivity contribution in [2.24, 2.45) is 0 Å². The molecule has 1 heterocycles. The monoisotopic (exact) mass is 303 g/mol. The number of hydrogen-bond donors (Lipinski definition) is 1. The lowest BCUT2D eigenvalue weighted by atomic mass is 10.0. The molecule has 1 aromatic heterocycles. The van der Waals surface area contributed by atoms with Gasteiger partial charge in [-0.1, -0.05) is 26.0 Å². The Morgan fingerprint density at radius 2 is 1.90 bits per heavy atom. The Kier molecular flexibility index (Phi) is 6.27. The summed E-state index contributed by atoms with van der Waals surface area (Å²) in [6.45, 7) is 5.42. The van der Waals surface area contributed by atoms with Crippen molar-refractivity contribution >= 4 is 11.3 Å². The third-order valence-electron chi connectivity index (χ3n) is 3.81. The molecule has 0 bridgehead atoms. The second-order valence-electron chi connectivity index (χ2n) is 5.16. The first-order chi connectivity index (χ1) is 10.3.